The first kappa shape index (κ1) is 16.5. The van der Waals surface area contributed by atoms with Crippen LogP contribution in [0.2, 0.25) is 0 Å². The highest BCUT2D eigenvalue weighted by atomic mass is 16.4. The molecule has 20 heavy (non-hydrogen) atoms. The standard InChI is InChI=1S/C14H24N2O4/c1-13(2,3)12(20)15-8-10(17)16-9-14(5-4-6-14)7-11(18)19/h4-9H2,1-3H3,(H,15,20)(H,16,17)(H,18,19). The van der Waals surface area contributed by atoms with Crippen molar-refractivity contribution < 1.29 is 19.5 Å². The van der Waals surface area contributed by atoms with Gasteiger partial charge in [0.1, 0.15) is 0 Å². The molecule has 0 unspecified atom stereocenters. The van der Waals surface area contributed by atoms with Gasteiger partial charge in [0.05, 0.1) is 13.0 Å². The second kappa shape index (κ2) is 6.24. The Balaban J connectivity index is 2.33. The SMILES string of the molecule is CC(C)(C)C(=O)NCC(=O)NCC1(CC(=O)O)CCC1. The summed E-state index contributed by atoms with van der Waals surface area (Å²) in [5.41, 5.74) is -0.825. The summed E-state index contributed by atoms with van der Waals surface area (Å²) in [6, 6.07) is 0. The average Bonchev–Trinajstić information content (AvgIpc) is 2.27. The molecule has 1 aliphatic carbocycles. The summed E-state index contributed by atoms with van der Waals surface area (Å²) in [7, 11) is 0. The van der Waals surface area contributed by atoms with Crippen LogP contribution < -0.4 is 10.6 Å². The van der Waals surface area contributed by atoms with Crippen LogP contribution in [0.15, 0.2) is 0 Å². The van der Waals surface area contributed by atoms with Crippen molar-refractivity contribution in [1.82, 2.24) is 10.6 Å². The summed E-state index contributed by atoms with van der Waals surface area (Å²) in [5.74, 6) is -1.30. The van der Waals surface area contributed by atoms with Crippen molar-refractivity contribution >= 4 is 17.8 Å². The lowest BCUT2D eigenvalue weighted by atomic mass is 9.66. The van der Waals surface area contributed by atoms with Crippen molar-refractivity contribution in [3.63, 3.8) is 0 Å². The van der Waals surface area contributed by atoms with Crippen LogP contribution in [0.1, 0.15) is 46.5 Å². The number of nitrogens with one attached hydrogen (secondary N) is 2. The van der Waals surface area contributed by atoms with Gasteiger partial charge in [0, 0.05) is 12.0 Å². The van der Waals surface area contributed by atoms with Crippen LogP contribution in [-0.2, 0) is 14.4 Å². The monoisotopic (exact) mass is 284 g/mol. The van der Waals surface area contributed by atoms with E-state index in [-0.39, 0.29) is 30.2 Å². The molecule has 1 aliphatic rings. The maximum atomic E-state index is 11.7. The zero-order valence-electron chi connectivity index (χ0n) is 12.4. The third kappa shape index (κ3) is 4.83. The lowest BCUT2D eigenvalue weighted by molar-refractivity contribution is -0.141. The molecular formula is C14H24N2O4. The molecule has 0 aromatic rings. The fraction of sp³-hybridized carbons (Fsp3) is 0.786. The van der Waals surface area contributed by atoms with E-state index in [1.54, 1.807) is 20.8 Å². The Hall–Kier alpha value is -1.59. The lowest BCUT2D eigenvalue weighted by Gasteiger charge is -2.40. The van der Waals surface area contributed by atoms with Crippen molar-refractivity contribution in [3.05, 3.63) is 0 Å². The Morgan fingerprint density at radius 1 is 1.15 bits per heavy atom. The third-order valence-electron chi connectivity index (χ3n) is 3.69. The first-order valence-electron chi connectivity index (χ1n) is 6.91. The highest BCUT2D eigenvalue weighted by Gasteiger charge is 2.39. The second-order valence-corrected chi connectivity index (χ2v) is 6.63. The Labute approximate surface area is 119 Å². The van der Waals surface area contributed by atoms with Gasteiger partial charge in [0.25, 0.3) is 0 Å². The Bertz CT molecular complexity index is 394. The minimum Gasteiger partial charge on any atom is -0.481 e. The summed E-state index contributed by atoms with van der Waals surface area (Å²) >= 11 is 0. The molecule has 0 aliphatic heterocycles. The molecule has 0 aromatic heterocycles. The summed E-state index contributed by atoms with van der Waals surface area (Å²) in [6.07, 6.45) is 2.74. The fourth-order valence-electron chi connectivity index (χ4n) is 2.19. The fourth-order valence-corrected chi connectivity index (χ4v) is 2.19. The molecule has 6 nitrogen and oxygen atoms in total. The van der Waals surface area contributed by atoms with Gasteiger partial charge >= 0.3 is 5.97 Å². The molecule has 114 valence electrons. The maximum absolute atomic E-state index is 11.7. The summed E-state index contributed by atoms with van der Waals surface area (Å²) < 4.78 is 0. The number of aliphatic carboxylic acids is 1. The maximum Gasteiger partial charge on any atom is 0.303 e. The van der Waals surface area contributed by atoms with Crippen molar-refractivity contribution in [2.24, 2.45) is 10.8 Å². The van der Waals surface area contributed by atoms with Crippen LogP contribution in [0.3, 0.4) is 0 Å². The molecule has 0 heterocycles. The van der Waals surface area contributed by atoms with Gasteiger partial charge in [-0.15, -0.1) is 0 Å². The average molecular weight is 284 g/mol. The molecular weight excluding hydrogens is 260 g/mol. The van der Waals surface area contributed by atoms with Crippen LogP contribution in [0.25, 0.3) is 0 Å². The zero-order valence-corrected chi connectivity index (χ0v) is 12.4. The molecule has 1 saturated carbocycles. The van der Waals surface area contributed by atoms with Crippen LogP contribution in [0, 0.1) is 10.8 Å². The van der Waals surface area contributed by atoms with Gasteiger partial charge in [-0.3, -0.25) is 14.4 Å². The Morgan fingerprint density at radius 3 is 2.15 bits per heavy atom. The zero-order chi connectivity index (χ0) is 15.4. The number of carboxylic acid groups (broad SMARTS) is 1. The van der Waals surface area contributed by atoms with Crippen molar-refractivity contribution in [2.45, 2.75) is 46.5 Å². The highest BCUT2D eigenvalue weighted by molar-refractivity contribution is 5.87. The van der Waals surface area contributed by atoms with Gasteiger partial charge in [0.2, 0.25) is 11.8 Å². The molecule has 0 saturated heterocycles. The predicted molar refractivity (Wildman–Crippen MR) is 74.0 cm³/mol. The van der Waals surface area contributed by atoms with E-state index in [4.69, 9.17) is 5.11 Å². The number of carbonyl (C=O) groups excluding carboxylic acids is 2. The van der Waals surface area contributed by atoms with E-state index < -0.39 is 11.4 Å². The molecule has 0 spiro atoms. The quantitative estimate of drug-likeness (QED) is 0.675. The molecule has 1 fully saturated rings. The first-order valence-corrected chi connectivity index (χ1v) is 6.91. The van der Waals surface area contributed by atoms with Crippen LogP contribution >= 0.6 is 0 Å². The number of rotatable bonds is 6. The van der Waals surface area contributed by atoms with Crippen LogP contribution in [0.5, 0.6) is 0 Å². The van der Waals surface area contributed by atoms with Gasteiger partial charge in [-0.25, -0.2) is 0 Å². The van der Waals surface area contributed by atoms with E-state index >= 15 is 0 Å². The van der Waals surface area contributed by atoms with E-state index in [2.05, 4.69) is 10.6 Å². The van der Waals surface area contributed by atoms with Gasteiger partial charge in [-0.1, -0.05) is 27.2 Å². The van der Waals surface area contributed by atoms with E-state index in [9.17, 15) is 14.4 Å². The molecule has 0 bridgehead atoms. The van der Waals surface area contributed by atoms with E-state index in [1.165, 1.54) is 0 Å². The second-order valence-electron chi connectivity index (χ2n) is 6.63. The summed E-state index contributed by atoms with van der Waals surface area (Å²) in [5, 5.41) is 14.2. The van der Waals surface area contributed by atoms with Gasteiger partial charge < -0.3 is 15.7 Å². The third-order valence-corrected chi connectivity index (χ3v) is 3.69. The number of hydrogen-bond acceptors (Lipinski definition) is 3. The number of carboxylic acids is 1. The normalized spacial score (nSPS) is 16.9. The number of carbonyl (C=O) groups is 3. The number of hydrogen-bond donors (Lipinski definition) is 3. The predicted octanol–water partition coefficient (Wildman–Crippen LogP) is 0.910. The highest BCUT2D eigenvalue weighted by Crippen LogP contribution is 2.43. The van der Waals surface area contributed by atoms with E-state index in [0.717, 1.165) is 19.3 Å². The smallest absolute Gasteiger partial charge is 0.303 e. The van der Waals surface area contributed by atoms with Crippen molar-refractivity contribution in [1.29, 1.82) is 0 Å². The van der Waals surface area contributed by atoms with Crippen molar-refractivity contribution in [3.8, 4) is 0 Å². The lowest BCUT2D eigenvalue weighted by Crippen LogP contribution is -2.47. The summed E-state index contributed by atoms with van der Waals surface area (Å²) in [6.45, 7) is 5.62. The van der Waals surface area contributed by atoms with E-state index in [1.807, 2.05) is 0 Å². The minimum atomic E-state index is -0.833. The molecule has 0 radical (unpaired) electrons. The van der Waals surface area contributed by atoms with Gasteiger partial charge in [-0.05, 0) is 18.3 Å². The first-order chi connectivity index (χ1) is 9.15. The van der Waals surface area contributed by atoms with Gasteiger partial charge in [-0.2, -0.15) is 0 Å². The van der Waals surface area contributed by atoms with Crippen LogP contribution in [-0.4, -0.2) is 36.0 Å². The molecule has 3 N–H and O–H groups in total. The summed E-state index contributed by atoms with van der Waals surface area (Å²) in [4.78, 5) is 34.1. The topological polar surface area (TPSA) is 95.5 Å². The van der Waals surface area contributed by atoms with E-state index in [0.29, 0.717) is 6.54 Å². The minimum absolute atomic E-state index is 0.0702. The van der Waals surface area contributed by atoms with Crippen molar-refractivity contribution in [2.75, 3.05) is 13.1 Å². The Kier molecular flexibility index (Phi) is 5.14. The molecule has 1 rings (SSSR count). The molecule has 6 heteroatoms. The molecule has 0 aromatic carbocycles. The Morgan fingerprint density at radius 2 is 1.75 bits per heavy atom. The molecule has 0 atom stereocenters. The van der Waals surface area contributed by atoms with Crippen LogP contribution in [0.4, 0.5) is 0 Å². The molecule has 2 amide bonds. The van der Waals surface area contributed by atoms with Gasteiger partial charge in [0.15, 0.2) is 0 Å². The number of amides is 2. The largest absolute Gasteiger partial charge is 0.481 e.